The van der Waals surface area contributed by atoms with Crippen LogP contribution in [0.5, 0.6) is 5.75 Å². The average molecular weight is 247 g/mol. The molecule has 3 heteroatoms. The Morgan fingerprint density at radius 3 is 3.22 bits per heavy atom. The van der Waals surface area contributed by atoms with Gasteiger partial charge in [-0.05, 0) is 30.9 Å². The molecule has 0 radical (unpaired) electrons. The van der Waals surface area contributed by atoms with Gasteiger partial charge in [-0.15, -0.1) is 0 Å². The zero-order chi connectivity index (χ0) is 12.4. The summed E-state index contributed by atoms with van der Waals surface area (Å²) in [5.74, 6) is 0.968. The molecule has 2 aliphatic rings. The van der Waals surface area contributed by atoms with Crippen LogP contribution in [0.15, 0.2) is 18.2 Å². The minimum absolute atomic E-state index is 0.171. The van der Waals surface area contributed by atoms with Gasteiger partial charge >= 0.3 is 0 Å². The molecule has 1 N–H and O–H groups in total. The molecule has 0 aliphatic carbocycles. The van der Waals surface area contributed by atoms with Crippen molar-refractivity contribution in [3.8, 4) is 5.75 Å². The highest BCUT2D eigenvalue weighted by molar-refractivity contribution is 5.58. The standard InChI is InChI=1S/C15H21NO2/c1-15(6-2-8-17-10-15)11-18-13-4-3-12-5-7-16-14(12)9-13/h3-4,9,16H,2,5-8,10-11H2,1H3. The van der Waals surface area contributed by atoms with Crippen LogP contribution in [0.4, 0.5) is 5.69 Å². The van der Waals surface area contributed by atoms with Crippen LogP contribution in [-0.2, 0) is 11.2 Å². The van der Waals surface area contributed by atoms with Crippen molar-refractivity contribution in [3.05, 3.63) is 23.8 Å². The van der Waals surface area contributed by atoms with E-state index in [9.17, 15) is 0 Å². The third kappa shape index (κ3) is 2.46. The maximum absolute atomic E-state index is 5.95. The third-order valence-electron chi connectivity index (χ3n) is 3.90. The van der Waals surface area contributed by atoms with Crippen LogP contribution < -0.4 is 10.1 Å². The molecule has 0 spiro atoms. The van der Waals surface area contributed by atoms with E-state index in [-0.39, 0.29) is 5.41 Å². The molecule has 1 saturated heterocycles. The van der Waals surface area contributed by atoms with E-state index in [0.717, 1.165) is 45.0 Å². The Bertz CT molecular complexity index is 425. The fourth-order valence-electron chi connectivity index (χ4n) is 2.72. The van der Waals surface area contributed by atoms with Crippen molar-refractivity contribution in [2.24, 2.45) is 5.41 Å². The van der Waals surface area contributed by atoms with Gasteiger partial charge in [-0.1, -0.05) is 13.0 Å². The van der Waals surface area contributed by atoms with E-state index < -0.39 is 0 Å². The fraction of sp³-hybridized carbons (Fsp3) is 0.600. The summed E-state index contributed by atoms with van der Waals surface area (Å²) < 4.78 is 11.5. The van der Waals surface area contributed by atoms with Gasteiger partial charge in [0.1, 0.15) is 5.75 Å². The number of nitrogens with one attached hydrogen (secondary N) is 1. The molecule has 0 aromatic heterocycles. The van der Waals surface area contributed by atoms with Gasteiger partial charge in [0.05, 0.1) is 13.2 Å². The molecule has 1 aromatic rings. The molecule has 98 valence electrons. The number of rotatable bonds is 3. The maximum Gasteiger partial charge on any atom is 0.121 e. The van der Waals surface area contributed by atoms with Gasteiger partial charge in [0.25, 0.3) is 0 Å². The number of hydrogen-bond donors (Lipinski definition) is 1. The molecule has 0 bridgehead atoms. The Morgan fingerprint density at radius 2 is 2.39 bits per heavy atom. The zero-order valence-corrected chi connectivity index (χ0v) is 11.0. The van der Waals surface area contributed by atoms with Crippen molar-refractivity contribution in [3.63, 3.8) is 0 Å². The molecule has 1 atom stereocenters. The SMILES string of the molecule is CC1(COc2ccc3c(c2)NCC3)CCCOC1. The van der Waals surface area contributed by atoms with Gasteiger partial charge in [0, 0.05) is 30.3 Å². The average Bonchev–Trinajstić information content (AvgIpc) is 2.85. The predicted molar refractivity (Wildman–Crippen MR) is 72.3 cm³/mol. The molecule has 2 heterocycles. The smallest absolute Gasteiger partial charge is 0.121 e. The van der Waals surface area contributed by atoms with E-state index in [0.29, 0.717) is 0 Å². The van der Waals surface area contributed by atoms with Crippen LogP contribution in [0.3, 0.4) is 0 Å². The highest BCUT2D eigenvalue weighted by atomic mass is 16.5. The topological polar surface area (TPSA) is 30.5 Å². The van der Waals surface area contributed by atoms with E-state index in [1.54, 1.807) is 0 Å². The van der Waals surface area contributed by atoms with Crippen LogP contribution in [0.2, 0.25) is 0 Å². The van der Waals surface area contributed by atoms with Gasteiger partial charge in [-0.2, -0.15) is 0 Å². The van der Waals surface area contributed by atoms with Gasteiger partial charge in [-0.25, -0.2) is 0 Å². The lowest BCUT2D eigenvalue weighted by molar-refractivity contribution is -0.0214. The largest absolute Gasteiger partial charge is 0.493 e. The van der Waals surface area contributed by atoms with Crippen LogP contribution in [0.25, 0.3) is 0 Å². The third-order valence-corrected chi connectivity index (χ3v) is 3.90. The summed E-state index contributed by atoms with van der Waals surface area (Å²) in [7, 11) is 0. The highest BCUT2D eigenvalue weighted by Crippen LogP contribution is 2.31. The van der Waals surface area contributed by atoms with Gasteiger partial charge in [-0.3, -0.25) is 0 Å². The van der Waals surface area contributed by atoms with Crippen molar-refractivity contribution in [1.29, 1.82) is 0 Å². The minimum atomic E-state index is 0.171. The number of ether oxygens (including phenoxy) is 2. The molecule has 1 aromatic carbocycles. The molecule has 0 amide bonds. The van der Waals surface area contributed by atoms with Crippen molar-refractivity contribution < 1.29 is 9.47 Å². The molecule has 1 unspecified atom stereocenters. The first-order valence-electron chi connectivity index (χ1n) is 6.83. The molecular weight excluding hydrogens is 226 g/mol. The van der Waals surface area contributed by atoms with E-state index in [2.05, 4.69) is 30.4 Å². The van der Waals surface area contributed by atoms with Crippen molar-refractivity contribution in [2.75, 3.05) is 31.7 Å². The van der Waals surface area contributed by atoms with Gasteiger partial charge < -0.3 is 14.8 Å². The van der Waals surface area contributed by atoms with E-state index in [1.807, 2.05) is 0 Å². The predicted octanol–water partition coefficient (Wildman–Crippen LogP) is 2.85. The fourth-order valence-corrected chi connectivity index (χ4v) is 2.72. The van der Waals surface area contributed by atoms with Gasteiger partial charge in [0.15, 0.2) is 0 Å². The van der Waals surface area contributed by atoms with E-state index >= 15 is 0 Å². The van der Waals surface area contributed by atoms with Crippen LogP contribution in [-0.4, -0.2) is 26.4 Å². The Hall–Kier alpha value is -1.22. The number of fused-ring (bicyclic) bond motifs is 1. The minimum Gasteiger partial charge on any atom is -0.493 e. The number of hydrogen-bond acceptors (Lipinski definition) is 3. The molecule has 3 nitrogen and oxygen atoms in total. The Morgan fingerprint density at radius 1 is 1.44 bits per heavy atom. The number of benzene rings is 1. The normalized spacial score (nSPS) is 26.5. The summed E-state index contributed by atoms with van der Waals surface area (Å²) >= 11 is 0. The lowest BCUT2D eigenvalue weighted by Gasteiger charge is -2.33. The quantitative estimate of drug-likeness (QED) is 0.891. The monoisotopic (exact) mass is 247 g/mol. The lowest BCUT2D eigenvalue weighted by atomic mass is 9.86. The molecular formula is C15H21NO2. The second-order valence-electron chi connectivity index (χ2n) is 5.75. The van der Waals surface area contributed by atoms with Gasteiger partial charge in [0.2, 0.25) is 0 Å². The molecule has 3 rings (SSSR count). The summed E-state index contributed by atoms with van der Waals surface area (Å²) in [5, 5.41) is 3.38. The molecule has 1 fully saturated rings. The molecule has 2 aliphatic heterocycles. The first-order chi connectivity index (χ1) is 8.75. The Labute approximate surface area is 108 Å². The summed E-state index contributed by atoms with van der Waals surface area (Å²) in [6.45, 7) is 5.75. The van der Waals surface area contributed by atoms with E-state index in [4.69, 9.17) is 9.47 Å². The molecule has 0 saturated carbocycles. The summed E-state index contributed by atoms with van der Waals surface area (Å²) in [4.78, 5) is 0. The molecule has 18 heavy (non-hydrogen) atoms. The summed E-state index contributed by atoms with van der Waals surface area (Å²) in [6.07, 6.45) is 3.46. The van der Waals surface area contributed by atoms with Crippen LogP contribution >= 0.6 is 0 Å². The maximum atomic E-state index is 5.95. The second-order valence-corrected chi connectivity index (χ2v) is 5.75. The zero-order valence-electron chi connectivity index (χ0n) is 11.0. The van der Waals surface area contributed by atoms with Crippen molar-refractivity contribution in [1.82, 2.24) is 0 Å². The van der Waals surface area contributed by atoms with Crippen LogP contribution in [0.1, 0.15) is 25.3 Å². The summed E-state index contributed by atoms with van der Waals surface area (Å²) in [6, 6.07) is 6.37. The van der Waals surface area contributed by atoms with Crippen LogP contribution in [0, 0.1) is 5.41 Å². The Kier molecular flexibility index (Phi) is 3.16. The first-order valence-corrected chi connectivity index (χ1v) is 6.83. The lowest BCUT2D eigenvalue weighted by Crippen LogP contribution is -2.34. The van der Waals surface area contributed by atoms with Crippen molar-refractivity contribution >= 4 is 5.69 Å². The highest BCUT2D eigenvalue weighted by Gasteiger charge is 2.28. The number of anilines is 1. The van der Waals surface area contributed by atoms with Crippen molar-refractivity contribution in [2.45, 2.75) is 26.2 Å². The van der Waals surface area contributed by atoms with E-state index in [1.165, 1.54) is 17.7 Å². The first kappa shape index (κ1) is 11.8. The summed E-state index contributed by atoms with van der Waals surface area (Å²) in [5.41, 5.74) is 2.80. The second kappa shape index (κ2) is 4.81. The Balaban J connectivity index is 1.62.